The number of benzene rings is 2. The van der Waals surface area contributed by atoms with E-state index >= 15 is 0 Å². The second-order valence-electron chi connectivity index (χ2n) is 10.5. The van der Waals surface area contributed by atoms with Crippen LogP contribution in [0.25, 0.3) is 11.3 Å². The first kappa shape index (κ1) is 26.0. The van der Waals surface area contributed by atoms with Gasteiger partial charge in [0.25, 0.3) is 0 Å². The molecule has 3 aromatic rings. The van der Waals surface area contributed by atoms with E-state index in [0.29, 0.717) is 22.2 Å². The molecule has 1 heterocycles. The number of aromatic nitrogens is 3. The number of fused-ring (bicyclic) bond motifs is 3. The lowest BCUT2D eigenvalue weighted by Gasteiger charge is -2.55. The second-order valence-corrected chi connectivity index (χ2v) is 11.3. The summed E-state index contributed by atoms with van der Waals surface area (Å²) in [5.41, 5.74) is 6.35. The summed E-state index contributed by atoms with van der Waals surface area (Å²) in [5, 5.41) is 9.63. The fourth-order valence-corrected chi connectivity index (χ4v) is 7.01. The van der Waals surface area contributed by atoms with E-state index in [9.17, 15) is 18.0 Å². The van der Waals surface area contributed by atoms with Gasteiger partial charge in [-0.3, -0.25) is 4.79 Å². The van der Waals surface area contributed by atoms with Crippen LogP contribution in [0.1, 0.15) is 55.3 Å². The molecule has 10 heteroatoms. The number of hydrogen-bond donors (Lipinski definition) is 1. The zero-order chi connectivity index (χ0) is 26.6. The summed E-state index contributed by atoms with van der Waals surface area (Å²) in [6.07, 6.45) is 0.482. The Morgan fingerprint density at radius 1 is 1.08 bits per heavy atom. The molecule has 5 nitrogen and oxygen atoms in total. The molecule has 3 fully saturated rings. The maximum Gasteiger partial charge on any atom is 0.417 e. The monoisotopic (exact) mass is 550 g/mol. The van der Waals surface area contributed by atoms with Crippen molar-refractivity contribution in [3.05, 3.63) is 69.3 Å². The van der Waals surface area contributed by atoms with Gasteiger partial charge in [0.2, 0.25) is 5.91 Å². The molecular weight excluding hydrogens is 524 g/mol. The Kier molecular flexibility index (Phi) is 6.55. The van der Waals surface area contributed by atoms with Crippen LogP contribution in [0.3, 0.4) is 0 Å². The van der Waals surface area contributed by atoms with E-state index in [1.54, 1.807) is 25.1 Å². The number of halogens is 5. The summed E-state index contributed by atoms with van der Waals surface area (Å²) in [4.78, 5) is 12.7. The van der Waals surface area contributed by atoms with Gasteiger partial charge in [-0.05, 0) is 81.0 Å². The fourth-order valence-electron chi connectivity index (χ4n) is 6.53. The number of hydrogen-bond acceptors (Lipinski definition) is 3. The van der Waals surface area contributed by atoms with E-state index in [2.05, 4.69) is 10.3 Å². The number of nitrogens with zero attached hydrogens (tertiary/aromatic N) is 3. The van der Waals surface area contributed by atoms with Gasteiger partial charge in [0.15, 0.2) is 0 Å². The summed E-state index contributed by atoms with van der Waals surface area (Å²) >= 11 is 12.4. The summed E-state index contributed by atoms with van der Waals surface area (Å²) in [6, 6.07) is 10.7. The highest BCUT2D eigenvalue weighted by Crippen LogP contribution is 2.59. The number of carbonyl (C=O) groups excluding carboxylic acids is 1. The minimum atomic E-state index is -4.49. The van der Waals surface area contributed by atoms with E-state index in [-0.39, 0.29) is 34.0 Å². The third-order valence-electron chi connectivity index (χ3n) is 8.62. The first-order chi connectivity index (χ1) is 17.5. The highest BCUT2D eigenvalue weighted by molar-refractivity contribution is 6.35. The second kappa shape index (κ2) is 9.31. The van der Waals surface area contributed by atoms with Crippen molar-refractivity contribution >= 4 is 29.1 Å². The highest BCUT2D eigenvalue weighted by atomic mass is 35.5. The summed E-state index contributed by atoms with van der Waals surface area (Å²) < 4.78 is 42.8. The van der Waals surface area contributed by atoms with E-state index in [0.717, 1.165) is 50.2 Å². The molecule has 2 bridgehead atoms. The predicted molar refractivity (Wildman–Crippen MR) is 136 cm³/mol. The van der Waals surface area contributed by atoms with Crippen LogP contribution in [0.15, 0.2) is 42.5 Å². The van der Waals surface area contributed by atoms with Crippen molar-refractivity contribution in [3.63, 3.8) is 0 Å². The number of alkyl halides is 3. The Labute approximate surface area is 223 Å². The van der Waals surface area contributed by atoms with Crippen molar-refractivity contribution in [2.45, 2.75) is 63.6 Å². The van der Waals surface area contributed by atoms with Crippen LogP contribution in [-0.4, -0.2) is 20.9 Å². The number of amides is 1. The van der Waals surface area contributed by atoms with Crippen molar-refractivity contribution in [2.75, 3.05) is 0 Å². The van der Waals surface area contributed by atoms with E-state index in [1.807, 2.05) is 10.7 Å². The molecule has 37 heavy (non-hydrogen) atoms. The molecule has 0 spiro atoms. The van der Waals surface area contributed by atoms with Gasteiger partial charge in [-0.2, -0.15) is 13.2 Å². The van der Waals surface area contributed by atoms with Crippen molar-refractivity contribution < 1.29 is 18.0 Å². The normalized spacial score (nSPS) is 24.3. The Bertz CT molecular complexity index is 1330. The molecule has 3 saturated carbocycles. The third kappa shape index (κ3) is 4.52. The SMILES string of the molecule is Cc1c(-c2ccccc2C(F)(F)F)nnn1C12CCC(C(Cc3ccc(Cl)cc3Cl)C(N)=O)(CC1)CC2. The average molecular weight is 551 g/mol. The van der Waals surface area contributed by atoms with E-state index < -0.39 is 11.7 Å². The predicted octanol–water partition coefficient (Wildman–Crippen LogP) is 6.97. The fraction of sp³-hybridized carbons (Fsp3) is 0.444. The first-order valence-corrected chi connectivity index (χ1v) is 13.0. The lowest BCUT2D eigenvalue weighted by atomic mass is 9.52. The number of rotatable bonds is 6. The third-order valence-corrected chi connectivity index (χ3v) is 9.20. The summed E-state index contributed by atoms with van der Waals surface area (Å²) in [6.45, 7) is 1.78. The minimum Gasteiger partial charge on any atom is -0.369 e. The Balaban J connectivity index is 1.42. The Hall–Kier alpha value is -2.58. The molecule has 1 amide bonds. The molecule has 2 aromatic carbocycles. The van der Waals surface area contributed by atoms with Gasteiger partial charge in [-0.25, -0.2) is 4.68 Å². The highest BCUT2D eigenvalue weighted by Gasteiger charge is 2.55. The molecule has 2 N–H and O–H groups in total. The van der Waals surface area contributed by atoms with Crippen molar-refractivity contribution in [3.8, 4) is 11.3 Å². The van der Waals surface area contributed by atoms with Gasteiger partial charge in [-0.1, -0.05) is 52.7 Å². The van der Waals surface area contributed by atoms with Gasteiger partial charge >= 0.3 is 6.18 Å². The van der Waals surface area contributed by atoms with Crippen LogP contribution in [0.4, 0.5) is 13.2 Å². The smallest absolute Gasteiger partial charge is 0.369 e. The van der Waals surface area contributed by atoms with Crippen LogP contribution < -0.4 is 5.73 Å². The maximum absolute atomic E-state index is 13.7. The minimum absolute atomic E-state index is 0.0322. The molecular formula is C27H27Cl2F3N4O. The lowest BCUT2D eigenvalue weighted by molar-refractivity contribution is -0.137. The molecule has 1 atom stereocenters. The standard InChI is InChI=1S/C27H27Cl2F3N4O/c1-16-23(19-4-2-3-5-20(19)27(30,31)32)34-35-36(16)26-11-8-25(9-12-26,10-13-26)21(24(33)37)14-17-6-7-18(28)15-22(17)29/h2-7,15,21H,8-14H2,1H3,(H2,33,37). The molecule has 0 radical (unpaired) electrons. The summed E-state index contributed by atoms with van der Waals surface area (Å²) in [5.74, 6) is -0.723. The zero-order valence-electron chi connectivity index (χ0n) is 20.3. The summed E-state index contributed by atoms with van der Waals surface area (Å²) in [7, 11) is 0. The first-order valence-electron chi connectivity index (χ1n) is 12.3. The van der Waals surface area contributed by atoms with Crippen LogP contribution >= 0.6 is 23.2 Å². The van der Waals surface area contributed by atoms with Crippen molar-refractivity contribution in [2.24, 2.45) is 17.1 Å². The molecule has 0 aliphatic heterocycles. The quantitative estimate of drug-likeness (QED) is 0.360. The molecule has 0 saturated heterocycles. The average Bonchev–Trinajstić information content (AvgIpc) is 3.25. The Morgan fingerprint density at radius 3 is 2.32 bits per heavy atom. The van der Waals surface area contributed by atoms with Gasteiger partial charge in [0.05, 0.1) is 16.8 Å². The van der Waals surface area contributed by atoms with E-state index in [1.165, 1.54) is 12.1 Å². The van der Waals surface area contributed by atoms with Gasteiger partial charge in [0, 0.05) is 21.5 Å². The van der Waals surface area contributed by atoms with Gasteiger partial charge in [-0.15, -0.1) is 5.10 Å². The van der Waals surface area contributed by atoms with Gasteiger partial charge in [0.1, 0.15) is 5.69 Å². The molecule has 1 unspecified atom stereocenters. The number of nitrogens with two attached hydrogens (primary N) is 1. The van der Waals surface area contributed by atoms with Crippen LogP contribution in [0, 0.1) is 18.3 Å². The van der Waals surface area contributed by atoms with Crippen molar-refractivity contribution in [1.82, 2.24) is 15.0 Å². The molecule has 3 aliphatic carbocycles. The van der Waals surface area contributed by atoms with Crippen LogP contribution in [-0.2, 0) is 22.9 Å². The molecule has 3 aliphatic rings. The van der Waals surface area contributed by atoms with E-state index in [4.69, 9.17) is 28.9 Å². The molecule has 1 aromatic heterocycles. The molecule has 6 rings (SSSR count). The lowest BCUT2D eigenvalue weighted by Crippen LogP contribution is -2.53. The largest absolute Gasteiger partial charge is 0.417 e. The number of carbonyl (C=O) groups is 1. The topological polar surface area (TPSA) is 73.8 Å². The van der Waals surface area contributed by atoms with Crippen LogP contribution in [0.5, 0.6) is 0 Å². The maximum atomic E-state index is 13.7. The molecule has 196 valence electrons. The zero-order valence-corrected chi connectivity index (χ0v) is 21.8. The van der Waals surface area contributed by atoms with Gasteiger partial charge < -0.3 is 5.73 Å². The number of primary amides is 1. The Morgan fingerprint density at radius 2 is 1.73 bits per heavy atom. The van der Waals surface area contributed by atoms with Crippen LogP contribution in [0.2, 0.25) is 10.0 Å². The van der Waals surface area contributed by atoms with Crippen molar-refractivity contribution in [1.29, 1.82) is 0 Å².